The fourth-order valence-electron chi connectivity index (χ4n) is 4.81. The van der Waals surface area contributed by atoms with Crippen molar-refractivity contribution in [1.82, 2.24) is 14.5 Å². The molecule has 1 aliphatic rings. The molecule has 0 radical (unpaired) electrons. The van der Waals surface area contributed by atoms with Crippen LogP contribution >= 0.6 is 11.6 Å². The molecule has 0 aliphatic carbocycles. The number of nitrogens with zero attached hydrogens (tertiary/aromatic N) is 3. The Balaban J connectivity index is 1.41. The van der Waals surface area contributed by atoms with Gasteiger partial charge in [0.25, 0.3) is 11.7 Å². The van der Waals surface area contributed by atoms with Crippen LogP contribution in [0.5, 0.6) is 5.75 Å². The standard InChI is InChI=1S/C31H28ClN3O4/c1-21-5-2-6-22(17-21)19-39-26-11-9-23(10-12-26)29(36)27-28(24-7-3-8-25(32)18-24)35(31(38)30(27)37)15-4-14-34-16-13-33-20-34/h2-3,5-13,16-18,20,28,36H,4,14-15,19H2,1H3/t28-/m1/s1. The van der Waals surface area contributed by atoms with Crippen LogP contribution in [0.4, 0.5) is 0 Å². The number of ether oxygens (including phenoxy) is 1. The molecule has 1 amide bonds. The van der Waals surface area contributed by atoms with Gasteiger partial charge in [0.05, 0.1) is 17.9 Å². The number of carbonyl (C=O) groups is 2. The first kappa shape index (κ1) is 26.3. The summed E-state index contributed by atoms with van der Waals surface area (Å²) in [4.78, 5) is 32.0. The molecule has 1 atom stereocenters. The number of Topliss-reactive ketones (excluding diaryl/α,β-unsaturated/α-hetero) is 1. The number of hydrogen-bond donors (Lipinski definition) is 1. The third-order valence-electron chi connectivity index (χ3n) is 6.69. The number of amides is 1. The zero-order valence-electron chi connectivity index (χ0n) is 21.5. The lowest BCUT2D eigenvalue weighted by atomic mass is 9.95. The van der Waals surface area contributed by atoms with Crippen molar-refractivity contribution in [1.29, 1.82) is 0 Å². The monoisotopic (exact) mass is 541 g/mol. The van der Waals surface area contributed by atoms with Crippen molar-refractivity contribution >= 4 is 29.1 Å². The second kappa shape index (κ2) is 11.6. The maximum Gasteiger partial charge on any atom is 0.295 e. The molecule has 7 nitrogen and oxygen atoms in total. The molecule has 1 N–H and O–H groups in total. The Bertz CT molecular complexity index is 1510. The van der Waals surface area contributed by atoms with Gasteiger partial charge in [0, 0.05) is 36.1 Å². The van der Waals surface area contributed by atoms with Crippen LogP contribution in [0.1, 0.15) is 34.7 Å². The first-order chi connectivity index (χ1) is 18.9. The van der Waals surface area contributed by atoms with Gasteiger partial charge in [-0.1, -0.05) is 53.6 Å². The number of benzene rings is 3. The molecule has 0 spiro atoms. The number of likely N-dealkylation sites (tertiary alicyclic amines) is 1. The number of aromatic nitrogens is 2. The van der Waals surface area contributed by atoms with Crippen LogP contribution in [-0.2, 0) is 22.7 Å². The molecule has 0 unspecified atom stereocenters. The number of ketones is 1. The first-order valence-electron chi connectivity index (χ1n) is 12.7. The van der Waals surface area contributed by atoms with Crippen LogP contribution in [0.2, 0.25) is 5.02 Å². The third kappa shape index (κ3) is 5.89. The average Bonchev–Trinajstić information content (AvgIpc) is 3.54. The van der Waals surface area contributed by atoms with Crippen molar-refractivity contribution in [3.63, 3.8) is 0 Å². The number of hydrogen-bond acceptors (Lipinski definition) is 5. The molecule has 2 heterocycles. The number of imidazole rings is 1. The van der Waals surface area contributed by atoms with E-state index in [0.717, 1.165) is 11.1 Å². The summed E-state index contributed by atoms with van der Waals surface area (Å²) in [5.74, 6) is -0.981. The molecule has 198 valence electrons. The molecule has 39 heavy (non-hydrogen) atoms. The van der Waals surface area contributed by atoms with Crippen LogP contribution in [0.15, 0.2) is 97.1 Å². The zero-order chi connectivity index (χ0) is 27.4. The number of rotatable bonds is 9. The van der Waals surface area contributed by atoms with E-state index in [1.807, 2.05) is 35.9 Å². The second-order valence-corrected chi connectivity index (χ2v) is 9.94. The lowest BCUT2D eigenvalue weighted by Gasteiger charge is -2.25. The van der Waals surface area contributed by atoms with Gasteiger partial charge in [-0.15, -0.1) is 0 Å². The quantitative estimate of drug-likeness (QED) is 0.161. The molecule has 1 aromatic heterocycles. The molecule has 4 aromatic rings. The van der Waals surface area contributed by atoms with Gasteiger partial charge in [-0.3, -0.25) is 9.59 Å². The van der Waals surface area contributed by atoms with E-state index >= 15 is 0 Å². The highest BCUT2D eigenvalue weighted by atomic mass is 35.5. The van der Waals surface area contributed by atoms with Gasteiger partial charge in [0.2, 0.25) is 0 Å². The van der Waals surface area contributed by atoms with E-state index < -0.39 is 17.7 Å². The minimum Gasteiger partial charge on any atom is -0.507 e. The summed E-state index contributed by atoms with van der Waals surface area (Å²) in [5.41, 5.74) is 3.32. The van der Waals surface area contributed by atoms with Gasteiger partial charge in [-0.05, 0) is 60.9 Å². The lowest BCUT2D eigenvalue weighted by Crippen LogP contribution is -2.31. The van der Waals surface area contributed by atoms with Crippen molar-refractivity contribution < 1.29 is 19.4 Å². The number of halogens is 1. The Hall–Kier alpha value is -4.36. The summed E-state index contributed by atoms with van der Waals surface area (Å²) in [6.45, 7) is 3.39. The van der Waals surface area contributed by atoms with Crippen LogP contribution in [0.3, 0.4) is 0 Å². The summed E-state index contributed by atoms with van der Waals surface area (Å²) in [6, 6.07) is 21.2. The minimum absolute atomic E-state index is 0.0401. The second-order valence-electron chi connectivity index (χ2n) is 9.50. The molecule has 3 aromatic carbocycles. The SMILES string of the molecule is Cc1cccc(COc2ccc(C(O)=C3C(=O)C(=O)N(CCCn4ccnc4)[C@@H]3c3cccc(Cl)c3)cc2)c1. The zero-order valence-corrected chi connectivity index (χ0v) is 22.2. The topological polar surface area (TPSA) is 84.7 Å². The molecular weight excluding hydrogens is 514 g/mol. The Morgan fingerprint density at radius 3 is 2.54 bits per heavy atom. The Morgan fingerprint density at radius 2 is 1.82 bits per heavy atom. The maximum atomic E-state index is 13.3. The van der Waals surface area contributed by atoms with Gasteiger partial charge in [-0.25, -0.2) is 4.98 Å². The fourth-order valence-corrected chi connectivity index (χ4v) is 5.01. The largest absolute Gasteiger partial charge is 0.507 e. The van der Waals surface area contributed by atoms with E-state index in [1.54, 1.807) is 61.1 Å². The van der Waals surface area contributed by atoms with E-state index in [2.05, 4.69) is 11.1 Å². The number of aryl methyl sites for hydroxylation is 2. The molecular formula is C31H28ClN3O4. The fraction of sp³-hybridized carbons (Fsp3) is 0.194. The van der Waals surface area contributed by atoms with Crippen molar-refractivity contribution in [2.24, 2.45) is 0 Å². The normalized spacial score (nSPS) is 16.6. The first-order valence-corrected chi connectivity index (χ1v) is 13.1. The minimum atomic E-state index is -0.760. The highest BCUT2D eigenvalue weighted by Gasteiger charge is 2.45. The summed E-state index contributed by atoms with van der Waals surface area (Å²) < 4.78 is 7.80. The van der Waals surface area contributed by atoms with Crippen LogP contribution in [0, 0.1) is 6.92 Å². The smallest absolute Gasteiger partial charge is 0.295 e. The van der Waals surface area contributed by atoms with E-state index in [9.17, 15) is 14.7 Å². The highest BCUT2D eigenvalue weighted by molar-refractivity contribution is 6.46. The number of carbonyl (C=O) groups excluding carboxylic acids is 2. The third-order valence-corrected chi connectivity index (χ3v) is 6.93. The van der Waals surface area contributed by atoms with Gasteiger partial charge < -0.3 is 19.3 Å². The predicted octanol–water partition coefficient (Wildman–Crippen LogP) is 5.94. The van der Waals surface area contributed by atoms with Crippen molar-refractivity contribution in [3.8, 4) is 5.75 Å². The summed E-state index contributed by atoms with van der Waals surface area (Å²) in [6.07, 6.45) is 5.85. The van der Waals surface area contributed by atoms with Crippen LogP contribution in [0.25, 0.3) is 5.76 Å². The summed E-state index contributed by atoms with van der Waals surface area (Å²) >= 11 is 6.27. The Labute approximate surface area is 231 Å². The Kier molecular flexibility index (Phi) is 7.79. The molecule has 0 bridgehead atoms. The van der Waals surface area contributed by atoms with Crippen molar-refractivity contribution in [3.05, 3.63) is 124 Å². The number of aliphatic hydroxyl groups excluding tert-OH is 1. The molecule has 0 saturated carbocycles. The van der Waals surface area contributed by atoms with E-state index in [0.29, 0.717) is 48.0 Å². The predicted molar refractivity (Wildman–Crippen MR) is 149 cm³/mol. The Morgan fingerprint density at radius 1 is 1.03 bits per heavy atom. The van der Waals surface area contributed by atoms with Gasteiger partial charge in [-0.2, -0.15) is 0 Å². The molecule has 1 fully saturated rings. The highest BCUT2D eigenvalue weighted by Crippen LogP contribution is 2.40. The molecule has 1 aliphatic heterocycles. The van der Waals surface area contributed by atoms with Crippen LogP contribution in [-0.4, -0.2) is 37.8 Å². The van der Waals surface area contributed by atoms with Crippen molar-refractivity contribution in [2.45, 2.75) is 32.5 Å². The lowest BCUT2D eigenvalue weighted by molar-refractivity contribution is -0.139. The van der Waals surface area contributed by atoms with Crippen LogP contribution < -0.4 is 4.74 Å². The van der Waals surface area contributed by atoms with Gasteiger partial charge in [0.15, 0.2) is 0 Å². The maximum absolute atomic E-state index is 13.3. The molecule has 8 heteroatoms. The number of aliphatic hydroxyl groups is 1. The van der Waals surface area contributed by atoms with E-state index in [1.165, 1.54) is 4.90 Å². The van der Waals surface area contributed by atoms with Gasteiger partial charge in [0.1, 0.15) is 18.1 Å². The molecule has 5 rings (SSSR count). The van der Waals surface area contributed by atoms with E-state index in [4.69, 9.17) is 16.3 Å². The van der Waals surface area contributed by atoms with E-state index in [-0.39, 0.29) is 11.3 Å². The summed E-state index contributed by atoms with van der Waals surface area (Å²) in [5, 5.41) is 11.8. The average molecular weight is 542 g/mol. The van der Waals surface area contributed by atoms with Crippen molar-refractivity contribution in [2.75, 3.05) is 6.54 Å². The molecule has 1 saturated heterocycles. The summed E-state index contributed by atoms with van der Waals surface area (Å²) in [7, 11) is 0. The van der Waals surface area contributed by atoms with Gasteiger partial charge >= 0.3 is 0 Å².